The van der Waals surface area contributed by atoms with Crippen molar-refractivity contribution < 1.29 is 4.42 Å². The lowest BCUT2D eigenvalue weighted by molar-refractivity contribution is 0.557. The summed E-state index contributed by atoms with van der Waals surface area (Å²) in [6.07, 6.45) is 5.13. The predicted octanol–water partition coefficient (Wildman–Crippen LogP) is 0.942. The molecule has 74 valence electrons. The molecular weight excluding hydrogens is 180 g/mol. The summed E-state index contributed by atoms with van der Waals surface area (Å²) < 4.78 is 5.08. The minimum absolute atomic E-state index is 0.0595. The first-order chi connectivity index (χ1) is 6.68. The van der Waals surface area contributed by atoms with Gasteiger partial charge in [0.15, 0.2) is 0 Å². The standard InChI is InChI=1S/C9H12N4O/c1-7(12-13-9(10)11)4-5-8-3-2-6-14-8/h2-6H,1H3,(H4,10,11,13). The molecule has 0 bridgehead atoms. The molecule has 0 saturated heterocycles. The molecule has 0 unspecified atom stereocenters. The summed E-state index contributed by atoms with van der Waals surface area (Å²) in [6, 6.07) is 3.65. The lowest BCUT2D eigenvalue weighted by atomic mass is 10.3. The van der Waals surface area contributed by atoms with Crippen molar-refractivity contribution in [3.05, 3.63) is 30.2 Å². The molecule has 0 aliphatic heterocycles. The number of hydrogen-bond acceptors (Lipinski definition) is 3. The van der Waals surface area contributed by atoms with Crippen molar-refractivity contribution in [2.45, 2.75) is 6.92 Å². The number of furan rings is 1. The van der Waals surface area contributed by atoms with Crippen molar-refractivity contribution in [2.75, 3.05) is 0 Å². The van der Waals surface area contributed by atoms with Crippen LogP contribution in [0.2, 0.25) is 0 Å². The van der Waals surface area contributed by atoms with E-state index in [0.717, 1.165) is 5.76 Å². The lowest BCUT2D eigenvalue weighted by Gasteiger charge is -1.88. The fourth-order valence-electron chi connectivity index (χ4n) is 0.759. The molecule has 4 N–H and O–H groups in total. The highest BCUT2D eigenvalue weighted by atomic mass is 16.3. The van der Waals surface area contributed by atoms with Crippen molar-refractivity contribution >= 4 is 17.7 Å². The third kappa shape index (κ3) is 3.57. The Morgan fingerprint density at radius 3 is 2.79 bits per heavy atom. The quantitative estimate of drug-likeness (QED) is 0.424. The average molecular weight is 192 g/mol. The minimum Gasteiger partial charge on any atom is -0.465 e. The van der Waals surface area contributed by atoms with Crippen LogP contribution in [0.3, 0.4) is 0 Å². The smallest absolute Gasteiger partial charge is 0.211 e. The maximum atomic E-state index is 5.11. The van der Waals surface area contributed by atoms with E-state index in [2.05, 4.69) is 10.2 Å². The second-order valence-electron chi connectivity index (χ2n) is 2.61. The third-order valence-corrected chi connectivity index (χ3v) is 1.36. The number of allylic oxidation sites excluding steroid dienone is 1. The van der Waals surface area contributed by atoms with Crippen LogP contribution < -0.4 is 11.5 Å². The van der Waals surface area contributed by atoms with Gasteiger partial charge in [0.25, 0.3) is 0 Å². The van der Waals surface area contributed by atoms with E-state index in [1.807, 2.05) is 12.1 Å². The van der Waals surface area contributed by atoms with Crippen LogP contribution in [-0.4, -0.2) is 11.7 Å². The van der Waals surface area contributed by atoms with Crippen molar-refractivity contribution in [2.24, 2.45) is 21.7 Å². The summed E-state index contributed by atoms with van der Waals surface area (Å²) >= 11 is 0. The van der Waals surface area contributed by atoms with E-state index >= 15 is 0 Å². The summed E-state index contributed by atoms with van der Waals surface area (Å²) in [5.41, 5.74) is 10.9. The zero-order valence-electron chi connectivity index (χ0n) is 7.84. The summed E-state index contributed by atoms with van der Waals surface area (Å²) in [5, 5.41) is 7.25. The topological polar surface area (TPSA) is 89.9 Å². The SMILES string of the molecule is CC(C=Cc1ccco1)=NN=C(N)N. The molecule has 0 aromatic carbocycles. The summed E-state index contributed by atoms with van der Waals surface area (Å²) in [5.74, 6) is 0.694. The van der Waals surface area contributed by atoms with E-state index in [1.54, 1.807) is 25.3 Å². The van der Waals surface area contributed by atoms with Gasteiger partial charge in [-0.25, -0.2) is 0 Å². The Bertz CT molecular complexity index is 358. The van der Waals surface area contributed by atoms with E-state index in [-0.39, 0.29) is 5.96 Å². The Balaban J connectivity index is 2.61. The molecular formula is C9H12N4O. The van der Waals surface area contributed by atoms with E-state index in [1.165, 1.54) is 0 Å². The zero-order chi connectivity index (χ0) is 10.4. The number of hydrogen-bond donors (Lipinski definition) is 2. The second kappa shape index (κ2) is 4.86. The number of nitrogens with two attached hydrogens (primary N) is 2. The number of rotatable bonds is 3. The monoisotopic (exact) mass is 192 g/mol. The van der Waals surface area contributed by atoms with Crippen LogP contribution in [0, 0.1) is 0 Å². The first-order valence-electron chi connectivity index (χ1n) is 4.03. The van der Waals surface area contributed by atoms with Crippen molar-refractivity contribution in [3.8, 4) is 0 Å². The third-order valence-electron chi connectivity index (χ3n) is 1.36. The Kier molecular flexibility index (Phi) is 3.49. The van der Waals surface area contributed by atoms with Gasteiger partial charge in [-0.15, -0.1) is 5.10 Å². The predicted molar refractivity (Wildman–Crippen MR) is 56.7 cm³/mol. The molecule has 14 heavy (non-hydrogen) atoms. The lowest BCUT2D eigenvalue weighted by Crippen LogP contribution is -2.21. The van der Waals surface area contributed by atoms with Crippen LogP contribution in [-0.2, 0) is 0 Å². The van der Waals surface area contributed by atoms with Gasteiger partial charge in [-0.05, 0) is 31.2 Å². The number of nitrogens with zero attached hydrogens (tertiary/aromatic N) is 2. The first-order valence-corrected chi connectivity index (χ1v) is 4.03. The van der Waals surface area contributed by atoms with E-state index in [9.17, 15) is 0 Å². The van der Waals surface area contributed by atoms with Crippen LogP contribution in [0.1, 0.15) is 12.7 Å². The first kappa shape index (κ1) is 10.0. The van der Waals surface area contributed by atoms with Crippen LogP contribution >= 0.6 is 0 Å². The maximum absolute atomic E-state index is 5.11. The molecule has 5 heteroatoms. The van der Waals surface area contributed by atoms with Crippen molar-refractivity contribution in [1.82, 2.24) is 0 Å². The maximum Gasteiger partial charge on any atom is 0.211 e. The fraction of sp³-hybridized carbons (Fsp3) is 0.111. The molecule has 1 heterocycles. The molecule has 0 aliphatic rings. The average Bonchev–Trinajstić information content (AvgIpc) is 2.63. The van der Waals surface area contributed by atoms with Gasteiger partial charge < -0.3 is 15.9 Å². The van der Waals surface area contributed by atoms with Gasteiger partial charge in [-0.3, -0.25) is 0 Å². The van der Waals surface area contributed by atoms with Gasteiger partial charge in [0.05, 0.1) is 12.0 Å². The van der Waals surface area contributed by atoms with Crippen LogP contribution in [0.25, 0.3) is 6.08 Å². The van der Waals surface area contributed by atoms with Crippen LogP contribution in [0.4, 0.5) is 0 Å². The van der Waals surface area contributed by atoms with Gasteiger partial charge in [0, 0.05) is 0 Å². The van der Waals surface area contributed by atoms with Gasteiger partial charge >= 0.3 is 0 Å². The van der Waals surface area contributed by atoms with Crippen molar-refractivity contribution in [3.63, 3.8) is 0 Å². The van der Waals surface area contributed by atoms with Crippen molar-refractivity contribution in [1.29, 1.82) is 0 Å². The summed E-state index contributed by atoms with van der Waals surface area (Å²) in [7, 11) is 0. The fourth-order valence-corrected chi connectivity index (χ4v) is 0.759. The molecule has 0 saturated carbocycles. The Morgan fingerprint density at radius 1 is 1.43 bits per heavy atom. The van der Waals surface area contributed by atoms with Gasteiger partial charge in [-0.1, -0.05) is 0 Å². The molecule has 0 atom stereocenters. The minimum atomic E-state index is -0.0595. The van der Waals surface area contributed by atoms with E-state index < -0.39 is 0 Å². The normalized spacial score (nSPS) is 11.9. The highest BCUT2D eigenvalue weighted by Crippen LogP contribution is 2.02. The molecule has 0 aliphatic carbocycles. The Morgan fingerprint density at radius 2 is 2.21 bits per heavy atom. The largest absolute Gasteiger partial charge is 0.465 e. The molecule has 0 amide bonds. The molecule has 1 rings (SSSR count). The highest BCUT2D eigenvalue weighted by Gasteiger charge is 1.88. The van der Waals surface area contributed by atoms with E-state index in [0.29, 0.717) is 5.71 Å². The van der Waals surface area contributed by atoms with E-state index in [4.69, 9.17) is 15.9 Å². The highest BCUT2D eigenvalue weighted by molar-refractivity contribution is 5.96. The molecule has 1 aromatic heterocycles. The van der Waals surface area contributed by atoms with Gasteiger partial charge in [0.2, 0.25) is 5.96 Å². The molecule has 0 fully saturated rings. The Hall–Kier alpha value is -2.04. The summed E-state index contributed by atoms with van der Waals surface area (Å²) in [4.78, 5) is 0. The van der Waals surface area contributed by atoms with Crippen LogP contribution in [0.15, 0.2) is 39.1 Å². The molecule has 5 nitrogen and oxygen atoms in total. The van der Waals surface area contributed by atoms with Crippen LogP contribution in [0.5, 0.6) is 0 Å². The van der Waals surface area contributed by atoms with Gasteiger partial charge in [0.1, 0.15) is 5.76 Å². The molecule has 0 radical (unpaired) electrons. The Labute approximate surface area is 81.8 Å². The zero-order valence-corrected chi connectivity index (χ0v) is 7.84. The molecule has 0 spiro atoms. The second-order valence-corrected chi connectivity index (χ2v) is 2.61. The summed E-state index contributed by atoms with van der Waals surface area (Å²) in [6.45, 7) is 1.78. The molecule has 1 aromatic rings. The van der Waals surface area contributed by atoms with Gasteiger partial charge in [-0.2, -0.15) is 5.10 Å². The number of guanidine groups is 1.